The maximum Gasteiger partial charge on any atom is 0.433 e. The van der Waals surface area contributed by atoms with Crippen LogP contribution in [0, 0.1) is 0 Å². The van der Waals surface area contributed by atoms with E-state index >= 15 is 0 Å². The van der Waals surface area contributed by atoms with Gasteiger partial charge in [0.05, 0.1) is 46.9 Å². The molecule has 0 N–H and O–H groups in total. The molecule has 9 nitrogen and oxygen atoms in total. The van der Waals surface area contributed by atoms with Gasteiger partial charge >= 0.3 is 6.18 Å². The number of aryl methyl sites for hydroxylation is 1. The number of carbonyl (C=O) groups excluding carboxylic acids is 1. The van der Waals surface area contributed by atoms with Crippen LogP contribution in [0.5, 0.6) is 0 Å². The number of amides is 1. The van der Waals surface area contributed by atoms with Crippen molar-refractivity contribution in [3.8, 4) is 11.5 Å². The number of sulfone groups is 1. The number of imidazole rings is 1. The maximum absolute atomic E-state index is 13.0. The lowest BCUT2D eigenvalue weighted by molar-refractivity contribution is -0.141. The van der Waals surface area contributed by atoms with Crippen LogP contribution in [0.1, 0.15) is 26.0 Å². The third-order valence-electron chi connectivity index (χ3n) is 4.77. The molecule has 0 atom stereocenters. The lowest BCUT2D eigenvalue weighted by atomic mass is 10.3. The maximum atomic E-state index is 13.0. The molecule has 13 heteroatoms. The van der Waals surface area contributed by atoms with Gasteiger partial charge in [-0.3, -0.25) is 9.63 Å². The summed E-state index contributed by atoms with van der Waals surface area (Å²) < 4.78 is 66.1. The van der Waals surface area contributed by atoms with Crippen LogP contribution in [0.25, 0.3) is 22.6 Å². The molecule has 3 aromatic rings. The van der Waals surface area contributed by atoms with Gasteiger partial charge in [-0.2, -0.15) is 18.2 Å². The summed E-state index contributed by atoms with van der Waals surface area (Å²) in [5, 5.41) is 0.917. The summed E-state index contributed by atoms with van der Waals surface area (Å²) in [6.45, 7) is 3.05. The van der Waals surface area contributed by atoms with Crippen molar-refractivity contribution in [1.29, 1.82) is 0 Å². The van der Waals surface area contributed by atoms with E-state index < -0.39 is 27.6 Å². The van der Waals surface area contributed by atoms with E-state index in [1.165, 1.54) is 37.9 Å². The van der Waals surface area contributed by atoms with Crippen LogP contribution in [0.4, 0.5) is 18.9 Å². The molecule has 32 heavy (non-hydrogen) atoms. The number of hydrogen-bond acceptors (Lipinski definition) is 7. The van der Waals surface area contributed by atoms with Crippen molar-refractivity contribution < 1.29 is 31.2 Å². The van der Waals surface area contributed by atoms with Gasteiger partial charge in [0.15, 0.2) is 15.7 Å². The summed E-state index contributed by atoms with van der Waals surface area (Å²) in [6, 6.07) is 2.02. The average Bonchev–Trinajstić information content (AvgIpc) is 3.09. The van der Waals surface area contributed by atoms with Gasteiger partial charge in [0.1, 0.15) is 11.4 Å². The van der Waals surface area contributed by atoms with Gasteiger partial charge < -0.3 is 4.57 Å². The van der Waals surface area contributed by atoms with Crippen LogP contribution >= 0.6 is 0 Å². The molecule has 0 aliphatic carbocycles. The molecule has 3 aromatic heterocycles. The summed E-state index contributed by atoms with van der Waals surface area (Å²) in [7, 11) is -1.09. The van der Waals surface area contributed by atoms with Crippen LogP contribution in [-0.2, 0) is 32.7 Å². The molecule has 0 aromatic carbocycles. The van der Waals surface area contributed by atoms with Crippen molar-refractivity contribution >= 4 is 32.5 Å². The number of hydroxylamine groups is 1. The third-order valence-corrected chi connectivity index (χ3v) is 6.51. The summed E-state index contributed by atoms with van der Waals surface area (Å²) in [5.74, 6) is -0.662. The van der Waals surface area contributed by atoms with Crippen molar-refractivity contribution in [2.45, 2.75) is 31.3 Å². The SMILES string of the molecule is CCC(=O)N(OC)c1cnc(-c2nc3cc(C(F)(F)F)ncc3n2C)c(S(=O)(=O)CC)c1. The van der Waals surface area contributed by atoms with Crippen LogP contribution in [0.2, 0.25) is 0 Å². The number of hydrogen-bond donors (Lipinski definition) is 0. The van der Waals surface area contributed by atoms with Crippen molar-refractivity contribution in [3.05, 3.63) is 30.2 Å². The molecule has 3 heterocycles. The monoisotopic (exact) mass is 471 g/mol. The number of alkyl halides is 3. The molecule has 172 valence electrons. The molecule has 3 rings (SSSR count). The zero-order chi connectivity index (χ0) is 23.8. The standard InChI is InChI=1S/C19H20F3N5O4S/c1-5-16(28)27(31-4)11-7-14(32(29,30)6-2)17(24-9-11)18-25-12-8-15(19(20,21)22)23-10-13(12)26(18)3/h7-10H,5-6H2,1-4H3. The Hall–Kier alpha value is -3.06. The average molecular weight is 471 g/mol. The van der Waals surface area contributed by atoms with E-state index in [9.17, 15) is 26.4 Å². The first kappa shape index (κ1) is 23.6. The topological polar surface area (TPSA) is 107 Å². The molecule has 0 aliphatic heterocycles. The van der Waals surface area contributed by atoms with Gasteiger partial charge in [-0.05, 0) is 12.1 Å². The number of anilines is 1. The number of aromatic nitrogens is 4. The third kappa shape index (κ3) is 4.17. The van der Waals surface area contributed by atoms with Crippen LogP contribution < -0.4 is 5.06 Å². The van der Waals surface area contributed by atoms with E-state index in [0.29, 0.717) is 0 Å². The fraction of sp³-hybridized carbons (Fsp3) is 0.368. The molecule has 0 saturated carbocycles. The highest BCUT2D eigenvalue weighted by atomic mass is 32.2. The molecule has 0 aliphatic rings. The minimum absolute atomic E-state index is 0.0183. The fourth-order valence-corrected chi connectivity index (χ4v) is 4.11. The Labute approximate surface area is 181 Å². The van der Waals surface area contributed by atoms with Gasteiger partial charge in [-0.25, -0.2) is 23.4 Å². The molecule has 0 unspecified atom stereocenters. The van der Waals surface area contributed by atoms with Gasteiger partial charge in [-0.1, -0.05) is 13.8 Å². The second-order valence-electron chi connectivity index (χ2n) is 6.72. The number of pyridine rings is 2. The Morgan fingerprint density at radius 2 is 1.88 bits per heavy atom. The quantitative estimate of drug-likeness (QED) is 0.508. The lowest BCUT2D eigenvalue weighted by Gasteiger charge is -2.20. The molecule has 0 fully saturated rings. The molecule has 0 bridgehead atoms. The Bertz CT molecular complexity index is 1290. The van der Waals surface area contributed by atoms with Crippen molar-refractivity contribution in [1.82, 2.24) is 19.5 Å². The van der Waals surface area contributed by atoms with Crippen LogP contribution in [0.15, 0.2) is 29.4 Å². The Morgan fingerprint density at radius 3 is 2.44 bits per heavy atom. The van der Waals surface area contributed by atoms with Crippen molar-refractivity contribution in [2.24, 2.45) is 7.05 Å². The number of nitrogens with zero attached hydrogens (tertiary/aromatic N) is 5. The van der Waals surface area contributed by atoms with Crippen LogP contribution in [0.3, 0.4) is 0 Å². The summed E-state index contributed by atoms with van der Waals surface area (Å²) >= 11 is 0. The Kier molecular flexibility index (Phi) is 6.24. The summed E-state index contributed by atoms with van der Waals surface area (Å²) in [5.41, 5.74) is -0.848. The highest BCUT2D eigenvalue weighted by Gasteiger charge is 2.33. The molecule has 1 amide bonds. The molecule has 0 saturated heterocycles. The molecular formula is C19H20F3N5O4S. The van der Waals surface area contributed by atoms with E-state index in [1.54, 1.807) is 6.92 Å². The van der Waals surface area contributed by atoms with E-state index in [2.05, 4.69) is 15.0 Å². The minimum Gasteiger partial charge on any atom is -0.324 e. The first-order valence-electron chi connectivity index (χ1n) is 9.44. The van der Waals surface area contributed by atoms with Gasteiger partial charge in [0, 0.05) is 13.5 Å². The number of carbonyl (C=O) groups is 1. The fourth-order valence-electron chi connectivity index (χ4n) is 3.06. The summed E-state index contributed by atoms with van der Waals surface area (Å²) in [6.07, 6.45) is -2.30. The van der Waals surface area contributed by atoms with E-state index in [4.69, 9.17) is 4.84 Å². The predicted molar refractivity (Wildman–Crippen MR) is 109 cm³/mol. The first-order valence-corrected chi connectivity index (χ1v) is 11.1. The number of fused-ring (bicyclic) bond motifs is 1. The number of halogens is 3. The zero-order valence-electron chi connectivity index (χ0n) is 17.6. The zero-order valence-corrected chi connectivity index (χ0v) is 18.5. The first-order chi connectivity index (χ1) is 14.9. The second kappa shape index (κ2) is 8.47. The number of rotatable bonds is 6. The Morgan fingerprint density at radius 1 is 1.19 bits per heavy atom. The van der Waals surface area contributed by atoms with E-state index in [1.807, 2.05) is 0 Å². The van der Waals surface area contributed by atoms with Gasteiger partial charge in [-0.15, -0.1) is 0 Å². The summed E-state index contributed by atoms with van der Waals surface area (Å²) in [4.78, 5) is 28.8. The molecule has 0 spiro atoms. The smallest absolute Gasteiger partial charge is 0.324 e. The molecule has 0 radical (unpaired) electrons. The highest BCUT2D eigenvalue weighted by Crippen LogP contribution is 2.33. The minimum atomic E-state index is -4.65. The van der Waals surface area contributed by atoms with Gasteiger partial charge in [0.2, 0.25) is 0 Å². The normalized spacial score (nSPS) is 12.3. The molecular weight excluding hydrogens is 451 g/mol. The van der Waals surface area contributed by atoms with E-state index in [0.717, 1.165) is 17.3 Å². The Balaban J connectivity index is 2.26. The van der Waals surface area contributed by atoms with E-state index in [-0.39, 0.29) is 45.3 Å². The van der Waals surface area contributed by atoms with Crippen molar-refractivity contribution in [2.75, 3.05) is 17.9 Å². The van der Waals surface area contributed by atoms with Gasteiger partial charge in [0.25, 0.3) is 5.91 Å². The predicted octanol–water partition coefficient (Wildman–Crippen LogP) is 3.15. The highest BCUT2D eigenvalue weighted by molar-refractivity contribution is 7.91. The van der Waals surface area contributed by atoms with Crippen LogP contribution in [-0.4, -0.2) is 46.7 Å². The van der Waals surface area contributed by atoms with Crippen molar-refractivity contribution in [3.63, 3.8) is 0 Å². The largest absolute Gasteiger partial charge is 0.433 e. The second-order valence-corrected chi connectivity index (χ2v) is 8.97. The lowest BCUT2D eigenvalue weighted by Crippen LogP contribution is -2.29.